The van der Waals surface area contributed by atoms with Gasteiger partial charge in [-0.1, -0.05) is 25.1 Å². The molecule has 0 bridgehead atoms. The number of anilines is 3. The average molecular weight is 537 g/mol. The fourth-order valence-corrected chi connectivity index (χ4v) is 5.73. The molecule has 3 aromatic carbocycles. The Morgan fingerprint density at radius 1 is 0.868 bits per heavy atom. The van der Waals surface area contributed by atoms with E-state index in [9.17, 15) is 18.0 Å². The highest BCUT2D eigenvalue weighted by atomic mass is 32.2. The number of rotatable bonds is 9. The van der Waals surface area contributed by atoms with Gasteiger partial charge in [0, 0.05) is 49.5 Å². The molecule has 3 aromatic rings. The summed E-state index contributed by atoms with van der Waals surface area (Å²) in [6, 6.07) is 20.5. The van der Waals surface area contributed by atoms with Crippen LogP contribution in [0.25, 0.3) is 0 Å². The van der Waals surface area contributed by atoms with Crippen LogP contribution in [-0.4, -0.2) is 57.8 Å². The highest BCUT2D eigenvalue weighted by molar-refractivity contribution is 7.89. The van der Waals surface area contributed by atoms with Gasteiger partial charge in [0.1, 0.15) is 5.75 Å². The lowest BCUT2D eigenvalue weighted by Gasteiger charge is -2.35. The maximum absolute atomic E-state index is 13.2. The van der Waals surface area contributed by atoms with Crippen LogP contribution in [0.1, 0.15) is 30.1 Å². The van der Waals surface area contributed by atoms with Gasteiger partial charge in [-0.3, -0.25) is 9.59 Å². The third kappa shape index (κ3) is 6.32. The first-order chi connectivity index (χ1) is 18.3. The van der Waals surface area contributed by atoms with Crippen molar-refractivity contribution >= 4 is 38.9 Å². The fraction of sp³-hybridized carbons (Fsp3) is 0.286. The molecule has 2 N–H and O–H groups in total. The number of hydrogen-bond donors (Lipinski definition) is 2. The molecule has 38 heavy (non-hydrogen) atoms. The van der Waals surface area contributed by atoms with Crippen molar-refractivity contribution in [1.29, 1.82) is 0 Å². The molecule has 0 unspecified atom stereocenters. The van der Waals surface area contributed by atoms with Gasteiger partial charge in [-0.05, 0) is 61.0 Å². The summed E-state index contributed by atoms with van der Waals surface area (Å²) >= 11 is 0. The Labute approximate surface area is 223 Å². The van der Waals surface area contributed by atoms with E-state index in [1.165, 1.54) is 16.4 Å². The Balaban J connectivity index is 1.38. The lowest BCUT2D eigenvalue weighted by Crippen LogP contribution is -2.48. The predicted molar refractivity (Wildman–Crippen MR) is 148 cm³/mol. The normalized spacial score (nSPS) is 14.1. The Hall–Kier alpha value is -3.89. The van der Waals surface area contributed by atoms with E-state index >= 15 is 0 Å². The minimum atomic E-state index is -3.68. The van der Waals surface area contributed by atoms with Gasteiger partial charge in [0.2, 0.25) is 15.9 Å². The summed E-state index contributed by atoms with van der Waals surface area (Å²) in [6.07, 6.45) is 1.14. The van der Waals surface area contributed by atoms with Crippen LogP contribution in [-0.2, 0) is 14.8 Å². The van der Waals surface area contributed by atoms with Crippen LogP contribution in [0.15, 0.2) is 77.7 Å². The van der Waals surface area contributed by atoms with E-state index in [0.717, 1.165) is 17.9 Å². The second kappa shape index (κ2) is 12.1. The minimum Gasteiger partial charge on any atom is -0.495 e. The van der Waals surface area contributed by atoms with Gasteiger partial charge >= 0.3 is 0 Å². The van der Waals surface area contributed by atoms with Gasteiger partial charge in [-0.25, -0.2) is 8.42 Å². The van der Waals surface area contributed by atoms with Crippen molar-refractivity contribution in [3.63, 3.8) is 0 Å². The summed E-state index contributed by atoms with van der Waals surface area (Å²) in [5, 5.41) is 5.55. The van der Waals surface area contributed by atoms with Crippen LogP contribution >= 0.6 is 0 Å². The molecule has 1 aliphatic heterocycles. The number of para-hydroxylation sites is 2. The van der Waals surface area contributed by atoms with Crippen molar-refractivity contribution in [3.05, 3.63) is 78.4 Å². The molecule has 1 aliphatic rings. The maximum atomic E-state index is 13.2. The summed E-state index contributed by atoms with van der Waals surface area (Å²) in [4.78, 5) is 26.9. The van der Waals surface area contributed by atoms with Crippen molar-refractivity contribution in [3.8, 4) is 5.75 Å². The summed E-state index contributed by atoms with van der Waals surface area (Å²) < 4.78 is 33.4. The summed E-state index contributed by atoms with van der Waals surface area (Å²) in [5.41, 5.74) is 2.34. The number of ether oxygens (including phenoxy) is 1. The van der Waals surface area contributed by atoms with E-state index in [1.54, 1.807) is 43.5 Å². The molecule has 0 aromatic heterocycles. The summed E-state index contributed by atoms with van der Waals surface area (Å²) in [7, 11) is -2.06. The van der Waals surface area contributed by atoms with Crippen LogP contribution in [0, 0.1) is 0 Å². The molecule has 0 spiro atoms. The number of benzene rings is 3. The third-order valence-electron chi connectivity index (χ3n) is 6.30. The Kier molecular flexibility index (Phi) is 8.65. The van der Waals surface area contributed by atoms with Gasteiger partial charge in [-0.2, -0.15) is 4.31 Å². The zero-order chi connectivity index (χ0) is 27.1. The number of carbonyl (C=O) groups is 2. The number of nitrogens with zero attached hydrogens (tertiary/aromatic N) is 2. The molecule has 0 radical (unpaired) electrons. The lowest BCUT2D eigenvalue weighted by atomic mass is 10.1. The zero-order valence-electron chi connectivity index (χ0n) is 21.5. The Morgan fingerprint density at radius 2 is 1.58 bits per heavy atom. The molecular weight excluding hydrogens is 504 g/mol. The number of carbonyl (C=O) groups excluding carboxylic acids is 2. The van der Waals surface area contributed by atoms with E-state index in [-0.39, 0.29) is 16.7 Å². The molecule has 1 saturated heterocycles. The number of amides is 2. The van der Waals surface area contributed by atoms with Crippen molar-refractivity contribution in [2.45, 2.75) is 24.7 Å². The van der Waals surface area contributed by atoms with Crippen molar-refractivity contribution in [2.75, 3.05) is 48.8 Å². The number of piperazine rings is 1. The molecule has 0 aliphatic carbocycles. The van der Waals surface area contributed by atoms with Crippen LogP contribution in [0.3, 0.4) is 0 Å². The van der Waals surface area contributed by atoms with Gasteiger partial charge in [0.05, 0.1) is 17.7 Å². The van der Waals surface area contributed by atoms with Crippen LogP contribution in [0.5, 0.6) is 5.75 Å². The van der Waals surface area contributed by atoms with E-state index in [2.05, 4.69) is 15.5 Å². The Bertz CT molecular complexity index is 1380. The minimum absolute atomic E-state index is 0.108. The van der Waals surface area contributed by atoms with Crippen molar-refractivity contribution in [2.24, 2.45) is 0 Å². The quantitative estimate of drug-likeness (QED) is 0.425. The molecule has 4 rings (SSSR count). The van der Waals surface area contributed by atoms with E-state index in [1.807, 2.05) is 31.2 Å². The second-order valence-corrected chi connectivity index (χ2v) is 10.9. The van der Waals surface area contributed by atoms with E-state index in [0.29, 0.717) is 49.5 Å². The molecule has 0 saturated carbocycles. The van der Waals surface area contributed by atoms with Gasteiger partial charge in [0.25, 0.3) is 5.91 Å². The molecule has 10 heteroatoms. The Morgan fingerprint density at radius 3 is 2.26 bits per heavy atom. The molecular formula is C28H32N4O5S. The first kappa shape index (κ1) is 27.2. The van der Waals surface area contributed by atoms with E-state index < -0.39 is 10.0 Å². The molecule has 9 nitrogen and oxygen atoms in total. The molecule has 2 amide bonds. The van der Waals surface area contributed by atoms with Crippen LogP contribution in [0.2, 0.25) is 0 Å². The third-order valence-corrected chi connectivity index (χ3v) is 8.21. The zero-order valence-corrected chi connectivity index (χ0v) is 22.3. The maximum Gasteiger partial charge on any atom is 0.255 e. The fourth-order valence-electron chi connectivity index (χ4n) is 4.31. The lowest BCUT2D eigenvalue weighted by molar-refractivity contribution is -0.116. The molecule has 200 valence electrons. The number of hydrogen-bond acceptors (Lipinski definition) is 6. The first-order valence-electron chi connectivity index (χ1n) is 12.5. The molecule has 1 heterocycles. The van der Waals surface area contributed by atoms with Crippen molar-refractivity contribution < 1.29 is 22.7 Å². The first-order valence-corrected chi connectivity index (χ1v) is 13.9. The molecule has 1 fully saturated rings. The number of nitrogens with one attached hydrogen (secondary N) is 2. The highest BCUT2D eigenvalue weighted by Gasteiger charge is 2.29. The smallest absolute Gasteiger partial charge is 0.255 e. The van der Waals surface area contributed by atoms with Crippen LogP contribution in [0.4, 0.5) is 17.1 Å². The average Bonchev–Trinajstić information content (AvgIpc) is 2.93. The topological polar surface area (TPSA) is 108 Å². The van der Waals surface area contributed by atoms with E-state index in [4.69, 9.17) is 4.74 Å². The summed E-state index contributed by atoms with van der Waals surface area (Å²) in [6.45, 7) is 3.72. The van der Waals surface area contributed by atoms with Gasteiger partial charge < -0.3 is 20.3 Å². The predicted octanol–water partition coefficient (Wildman–Crippen LogP) is 4.20. The van der Waals surface area contributed by atoms with Crippen LogP contribution < -0.4 is 20.3 Å². The second-order valence-electron chi connectivity index (χ2n) is 8.92. The largest absolute Gasteiger partial charge is 0.495 e. The SMILES string of the molecule is CCCC(=O)Nc1cccc(C(=O)Nc2ccc(S(=O)(=O)N3CCN(c4ccccc4OC)CC3)cc2)c1. The van der Waals surface area contributed by atoms with Gasteiger partial charge in [0.15, 0.2) is 0 Å². The van der Waals surface area contributed by atoms with Gasteiger partial charge in [-0.15, -0.1) is 0 Å². The summed E-state index contributed by atoms with van der Waals surface area (Å²) in [5.74, 6) is 0.289. The standard InChI is InChI=1S/C28H32N4O5S/c1-3-7-27(33)29-23-9-6-8-21(20-23)28(34)30-22-12-14-24(15-13-22)38(35,36)32-18-16-31(17-19-32)25-10-4-5-11-26(25)37-2/h4-6,8-15,20H,3,7,16-19H2,1-2H3,(H,29,33)(H,30,34). The monoisotopic (exact) mass is 536 g/mol. The molecule has 0 atom stereocenters. The number of methoxy groups -OCH3 is 1. The number of sulfonamides is 1. The highest BCUT2D eigenvalue weighted by Crippen LogP contribution is 2.29. The van der Waals surface area contributed by atoms with Crippen molar-refractivity contribution in [1.82, 2.24) is 4.31 Å².